The van der Waals surface area contributed by atoms with Crippen LogP contribution < -0.4 is 0 Å². The maximum absolute atomic E-state index is 12.3. The Hall–Kier alpha value is -0.170. The Labute approximate surface area is 240 Å². The van der Waals surface area contributed by atoms with Gasteiger partial charge in [-0.15, -0.1) is 0 Å². The second kappa shape index (κ2) is 22.4. The van der Waals surface area contributed by atoms with Crippen molar-refractivity contribution >= 4 is 7.82 Å². The normalized spacial score (nSPS) is 27.5. The second-order valence-electron chi connectivity index (χ2n) is 11.0. The van der Waals surface area contributed by atoms with Crippen molar-refractivity contribution < 1.29 is 53.5 Å². The summed E-state index contributed by atoms with van der Waals surface area (Å²) in [4.78, 5) is 9.98. The van der Waals surface area contributed by atoms with Gasteiger partial charge in [0.1, 0.15) is 42.7 Å². The fourth-order valence-electron chi connectivity index (χ4n) is 4.83. The van der Waals surface area contributed by atoms with Crippen molar-refractivity contribution in [3.8, 4) is 0 Å². The molecule has 0 spiro atoms. The van der Waals surface area contributed by atoms with E-state index in [1.54, 1.807) is 0 Å². The van der Waals surface area contributed by atoms with Crippen LogP contribution in [0.3, 0.4) is 0 Å². The highest BCUT2D eigenvalue weighted by Crippen LogP contribution is 2.47. The molecule has 11 nitrogen and oxygen atoms in total. The Morgan fingerprint density at radius 1 is 0.625 bits per heavy atom. The lowest BCUT2D eigenvalue weighted by Gasteiger charge is -2.41. The third-order valence-electron chi connectivity index (χ3n) is 7.53. The fourth-order valence-corrected chi connectivity index (χ4v) is 5.81. The third kappa shape index (κ3) is 15.9. The summed E-state index contributed by atoms with van der Waals surface area (Å²) in [6.07, 6.45) is 8.72. The average Bonchev–Trinajstić information content (AvgIpc) is 2.94. The molecule has 8 atom stereocenters. The van der Waals surface area contributed by atoms with E-state index in [-0.39, 0.29) is 13.2 Å². The molecular weight excluding hydrogens is 543 g/mol. The standard InChI is InChI=1S/C28H57O11P/c1-3-4-5-6-7-8-9-10-11-12-13-14-15-16-17-18-19-37-20-22(36-2)21-38-40(34,35)39-28-26(32)24(30)23(29)25(31)27(28)33/h22-33H,3-21H2,1-2H3,(H,34,35)/t22-,23?,24-,25+,26+,27+,28?/m1/s1. The summed E-state index contributed by atoms with van der Waals surface area (Å²) >= 11 is 0. The van der Waals surface area contributed by atoms with Gasteiger partial charge in [0.2, 0.25) is 0 Å². The van der Waals surface area contributed by atoms with Gasteiger partial charge in [-0.05, 0) is 6.42 Å². The van der Waals surface area contributed by atoms with Gasteiger partial charge in [0.25, 0.3) is 0 Å². The summed E-state index contributed by atoms with van der Waals surface area (Å²) in [6.45, 7) is 2.55. The van der Waals surface area contributed by atoms with Gasteiger partial charge in [0.05, 0.1) is 13.2 Å². The van der Waals surface area contributed by atoms with Crippen LogP contribution in [0.4, 0.5) is 0 Å². The number of aliphatic hydroxyl groups excluding tert-OH is 5. The van der Waals surface area contributed by atoms with Gasteiger partial charge in [0.15, 0.2) is 0 Å². The maximum Gasteiger partial charge on any atom is 0.472 e. The molecule has 1 rings (SSSR count). The van der Waals surface area contributed by atoms with Crippen molar-refractivity contribution in [2.75, 3.05) is 26.9 Å². The summed E-state index contributed by atoms with van der Waals surface area (Å²) in [7, 11) is -3.41. The summed E-state index contributed by atoms with van der Waals surface area (Å²) in [6, 6.07) is 0. The Balaban J connectivity index is 2.05. The number of phosphoric ester groups is 1. The molecule has 0 aromatic heterocycles. The van der Waals surface area contributed by atoms with Gasteiger partial charge in [-0.1, -0.05) is 103 Å². The van der Waals surface area contributed by atoms with Crippen molar-refractivity contribution in [1.29, 1.82) is 0 Å². The molecule has 0 bridgehead atoms. The predicted molar refractivity (Wildman–Crippen MR) is 152 cm³/mol. The quantitative estimate of drug-likeness (QED) is 0.0667. The molecule has 0 saturated heterocycles. The van der Waals surface area contributed by atoms with Crippen LogP contribution in [0.25, 0.3) is 0 Å². The molecule has 1 saturated carbocycles. The van der Waals surface area contributed by atoms with Crippen LogP contribution in [-0.4, -0.2) is 100 Å². The number of hydrogen-bond donors (Lipinski definition) is 6. The van der Waals surface area contributed by atoms with E-state index in [1.807, 2.05) is 0 Å². The van der Waals surface area contributed by atoms with E-state index in [1.165, 1.54) is 97.0 Å². The summed E-state index contributed by atoms with van der Waals surface area (Å²) in [5.74, 6) is 0. The third-order valence-corrected chi connectivity index (χ3v) is 8.52. The van der Waals surface area contributed by atoms with Crippen LogP contribution in [-0.2, 0) is 23.1 Å². The molecule has 6 N–H and O–H groups in total. The second-order valence-corrected chi connectivity index (χ2v) is 12.4. The lowest BCUT2D eigenvalue weighted by molar-refractivity contribution is -0.220. The largest absolute Gasteiger partial charge is 0.472 e. The minimum absolute atomic E-state index is 0.132. The number of unbranched alkanes of at least 4 members (excludes halogenated alkanes) is 15. The van der Waals surface area contributed by atoms with Crippen LogP contribution >= 0.6 is 7.82 Å². The Morgan fingerprint density at radius 2 is 1.02 bits per heavy atom. The number of hydrogen-bond acceptors (Lipinski definition) is 10. The molecule has 0 aromatic carbocycles. The first-order chi connectivity index (χ1) is 19.1. The molecule has 1 aliphatic rings. The first-order valence-corrected chi connectivity index (χ1v) is 16.8. The predicted octanol–water partition coefficient (Wildman–Crippen LogP) is 3.60. The summed E-state index contributed by atoms with van der Waals surface area (Å²) in [5.41, 5.74) is 0. The first-order valence-electron chi connectivity index (χ1n) is 15.3. The minimum atomic E-state index is -4.81. The van der Waals surface area contributed by atoms with Crippen LogP contribution in [0.1, 0.15) is 110 Å². The molecule has 0 amide bonds. The smallest absolute Gasteiger partial charge is 0.387 e. The molecule has 0 aromatic rings. The highest BCUT2D eigenvalue weighted by molar-refractivity contribution is 7.47. The Bertz CT molecular complexity index is 640. The Kier molecular flexibility index (Phi) is 21.2. The van der Waals surface area contributed by atoms with Gasteiger partial charge in [-0.2, -0.15) is 0 Å². The molecule has 0 radical (unpaired) electrons. The zero-order chi connectivity index (χ0) is 29.8. The lowest BCUT2D eigenvalue weighted by Crippen LogP contribution is -2.64. The molecule has 1 fully saturated rings. The zero-order valence-corrected chi connectivity index (χ0v) is 25.5. The average molecular weight is 601 g/mol. The highest BCUT2D eigenvalue weighted by atomic mass is 31.2. The molecular formula is C28H57O11P. The highest BCUT2D eigenvalue weighted by Gasteiger charge is 2.51. The van der Waals surface area contributed by atoms with Crippen molar-refractivity contribution in [2.45, 2.75) is 152 Å². The number of rotatable bonds is 25. The van der Waals surface area contributed by atoms with Crippen molar-refractivity contribution in [1.82, 2.24) is 0 Å². The molecule has 12 heteroatoms. The van der Waals surface area contributed by atoms with Gasteiger partial charge in [-0.3, -0.25) is 9.05 Å². The van der Waals surface area contributed by atoms with Gasteiger partial charge in [-0.25, -0.2) is 4.57 Å². The molecule has 3 unspecified atom stereocenters. The summed E-state index contributed by atoms with van der Waals surface area (Å²) in [5, 5.41) is 49.0. The number of phosphoric acid groups is 1. The van der Waals surface area contributed by atoms with Gasteiger partial charge < -0.3 is 39.9 Å². The van der Waals surface area contributed by atoms with E-state index in [0.29, 0.717) is 6.61 Å². The van der Waals surface area contributed by atoms with Crippen molar-refractivity contribution in [3.63, 3.8) is 0 Å². The SMILES string of the molecule is CCCCCCCCCCCCCCCCCCOC[C@H](COP(=O)(O)OC1[C@@H](O)[C@H](O)C(O)[C@H](O)[C@@H]1O)OC. The molecule has 40 heavy (non-hydrogen) atoms. The van der Waals surface area contributed by atoms with Gasteiger partial charge in [0, 0.05) is 13.7 Å². The summed E-state index contributed by atoms with van der Waals surface area (Å²) < 4.78 is 32.8. The number of ether oxygens (including phenoxy) is 2. The van der Waals surface area contributed by atoms with E-state index in [9.17, 15) is 35.0 Å². The lowest BCUT2D eigenvalue weighted by atomic mass is 9.85. The van der Waals surface area contributed by atoms with E-state index in [0.717, 1.165) is 12.8 Å². The molecule has 1 aliphatic carbocycles. The van der Waals surface area contributed by atoms with Crippen molar-refractivity contribution in [3.05, 3.63) is 0 Å². The minimum Gasteiger partial charge on any atom is -0.387 e. The van der Waals surface area contributed by atoms with Crippen LogP contribution in [0.5, 0.6) is 0 Å². The van der Waals surface area contributed by atoms with Crippen molar-refractivity contribution in [2.24, 2.45) is 0 Å². The maximum atomic E-state index is 12.3. The Morgan fingerprint density at radius 3 is 1.45 bits per heavy atom. The number of methoxy groups -OCH3 is 1. The van der Waals surface area contributed by atoms with Crippen LogP contribution in [0, 0.1) is 0 Å². The first kappa shape index (κ1) is 37.9. The van der Waals surface area contributed by atoms with E-state index in [4.69, 9.17) is 18.5 Å². The topological polar surface area (TPSA) is 175 Å². The van der Waals surface area contributed by atoms with Gasteiger partial charge >= 0.3 is 7.82 Å². The molecule has 240 valence electrons. The zero-order valence-electron chi connectivity index (χ0n) is 24.6. The molecule has 0 aliphatic heterocycles. The van der Waals surface area contributed by atoms with Crippen LogP contribution in [0.15, 0.2) is 0 Å². The monoisotopic (exact) mass is 600 g/mol. The fraction of sp³-hybridized carbons (Fsp3) is 1.00. The van der Waals surface area contributed by atoms with E-state index in [2.05, 4.69) is 6.92 Å². The van der Waals surface area contributed by atoms with Crippen LogP contribution in [0.2, 0.25) is 0 Å². The van der Waals surface area contributed by atoms with E-state index < -0.39 is 50.6 Å². The van der Waals surface area contributed by atoms with E-state index >= 15 is 0 Å². The number of aliphatic hydroxyl groups is 5. The molecule has 0 heterocycles.